The highest BCUT2D eigenvalue weighted by Crippen LogP contribution is 2.39. The van der Waals surface area contributed by atoms with Crippen molar-refractivity contribution in [2.24, 2.45) is 0 Å². The van der Waals surface area contributed by atoms with E-state index in [9.17, 15) is 4.79 Å². The predicted octanol–water partition coefficient (Wildman–Crippen LogP) is 3.90. The van der Waals surface area contributed by atoms with E-state index in [2.05, 4.69) is 5.32 Å². The van der Waals surface area contributed by atoms with Crippen LogP contribution in [0.4, 0.5) is 0 Å². The lowest BCUT2D eigenvalue weighted by molar-refractivity contribution is 0.0911. The highest BCUT2D eigenvalue weighted by Gasteiger charge is 2.27. The molecule has 0 bridgehead atoms. The van der Waals surface area contributed by atoms with Crippen LogP contribution in [0.25, 0.3) is 0 Å². The van der Waals surface area contributed by atoms with Crippen LogP contribution < -0.4 is 24.3 Å². The molecule has 142 valence electrons. The molecule has 0 spiro atoms. The number of carbonyl (C=O) groups excluding carboxylic acids is 1. The van der Waals surface area contributed by atoms with Crippen molar-refractivity contribution in [3.63, 3.8) is 0 Å². The molecule has 0 atom stereocenters. The fourth-order valence-corrected chi connectivity index (χ4v) is 3.34. The van der Waals surface area contributed by atoms with Crippen molar-refractivity contribution in [2.45, 2.75) is 25.8 Å². The Bertz CT molecular complexity index is 896. The van der Waals surface area contributed by atoms with Gasteiger partial charge in [0.25, 0.3) is 5.91 Å². The van der Waals surface area contributed by atoms with Crippen molar-refractivity contribution in [1.82, 2.24) is 5.32 Å². The summed E-state index contributed by atoms with van der Waals surface area (Å²) in [5.74, 6) is 2.10. The Balaban J connectivity index is 1.58. The van der Waals surface area contributed by atoms with Crippen molar-refractivity contribution in [1.29, 1.82) is 0 Å². The third-order valence-electron chi connectivity index (χ3n) is 4.58. The van der Waals surface area contributed by atoms with E-state index in [1.807, 2.05) is 32.0 Å². The van der Waals surface area contributed by atoms with Crippen LogP contribution in [0.5, 0.6) is 23.0 Å². The van der Waals surface area contributed by atoms with Gasteiger partial charge < -0.3 is 24.3 Å². The van der Waals surface area contributed by atoms with Gasteiger partial charge in [0.05, 0.1) is 23.8 Å². The van der Waals surface area contributed by atoms with Crippen LogP contribution in [0.3, 0.4) is 0 Å². The molecule has 0 saturated heterocycles. The van der Waals surface area contributed by atoms with Gasteiger partial charge in [0, 0.05) is 12.0 Å². The second-order valence-electron chi connectivity index (χ2n) is 6.98. The zero-order chi connectivity index (χ0) is 19.0. The van der Waals surface area contributed by atoms with Crippen molar-refractivity contribution >= 4 is 17.5 Å². The average Bonchev–Trinajstić information content (AvgIpc) is 2.97. The molecule has 7 heteroatoms. The van der Waals surface area contributed by atoms with Gasteiger partial charge in [-0.25, -0.2) is 0 Å². The molecule has 0 saturated carbocycles. The first-order valence-corrected chi connectivity index (χ1v) is 9.14. The highest BCUT2D eigenvalue weighted by molar-refractivity contribution is 6.32. The highest BCUT2D eigenvalue weighted by atomic mass is 35.5. The summed E-state index contributed by atoms with van der Waals surface area (Å²) < 4.78 is 22.1. The summed E-state index contributed by atoms with van der Waals surface area (Å²) in [6.07, 6.45) is 0.768. The standard InChI is InChI=1S/C20H20ClNO5/c1-20(2,13-4-5-15-16(10-13)27-11-26-15)22-19(23)12-8-14(21)18-17(9-12)24-6-3-7-25-18/h4-5,8-10H,3,6-7,11H2,1-2H3,(H,22,23). The number of ether oxygens (including phenoxy) is 4. The topological polar surface area (TPSA) is 66.0 Å². The van der Waals surface area contributed by atoms with Crippen LogP contribution in [-0.4, -0.2) is 25.9 Å². The Kier molecular flexibility index (Phi) is 4.52. The van der Waals surface area contributed by atoms with E-state index < -0.39 is 5.54 Å². The molecule has 0 unspecified atom stereocenters. The average molecular weight is 390 g/mol. The molecule has 0 radical (unpaired) electrons. The predicted molar refractivity (Wildman–Crippen MR) is 100 cm³/mol. The van der Waals surface area contributed by atoms with E-state index >= 15 is 0 Å². The Morgan fingerprint density at radius 1 is 1.00 bits per heavy atom. The van der Waals surface area contributed by atoms with Gasteiger partial charge in [-0.3, -0.25) is 4.79 Å². The lowest BCUT2D eigenvalue weighted by Gasteiger charge is -2.27. The summed E-state index contributed by atoms with van der Waals surface area (Å²) in [5, 5.41) is 3.40. The molecule has 0 aliphatic carbocycles. The number of amides is 1. The minimum absolute atomic E-state index is 0.210. The number of fused-ring (bicyclic) bond motifs is 2. The van der Waals surface area contributed by atoms with Crippen LogP contribution in [0.2, 0.25) is 5.02 Å². The van der Waals surface area contributed by atoms with Gasteiger partial charge in [0.2, 0.25) is 6.79 Å². The first-order chi connectivity index (χ1) is 12.9. The van der Waals surface area contributed by atoms with Crippen molar-refractivity contribution in [3.8, 4) is 23.0 Å². The first kappa shape index (κ1) is 17.8. The van der Waals surface area contributed by atoms with Crippen molar-refractivity contribution in [2.75, 3.05) is 20.0 Å². The van der Waals surface area contributed by atoms with Crippen LogP contribution in [0, 0.1) is 0 Å². The number of hydrogen-bond donors (Lipinski definition) is 1. The SMILES string of the molecule is CC(C)(NC(=O)c1cc(Cl)c2c(c1)OCCCO2)c1ccc2c(c1)OCO2. The second-order valence-corrected chi connectivity index (χ2v) is 7.39. The Morgan fingerprint density at radius 2 is 1.78 bits per heavy atom. The normalized spacial score (nSPS) is 15.2. The van der Waals surface area contributed by atoms with E-state index in [0.717, 1.165) is 12.0 Å². The maximum absolute atomic E-state index is 12.9. The number of hydrogen-bond acceptors (Lipinski definition) is 5. The van der Waals surface area contributed by atoms with Gasteiger partial charge in [0.1, 0.15) is 0 Å². The quantitative estimate of drug-likeness (QED) is 0.862. The number of rotatable bonds is 3. The number of benzene rings is 2. The van der Waals surface area contributed by atoms with Gasteiger partial charge in [-0.15, -0.1) is 0 Å². The molecule has 2 aliphatic heterocycles. The first-order valence-electron chi connectivity index (χ1n) is 8.76. The largest absolute Gasteiger partial charge is 0.489 e. The monoisotopic (exact) mass is 389 g/mol. The molecule has 2 aliphatic rings. The van der Waals surface area contributed by atoms with E-state index in [-0.39, 0.29) is 12.7 Å². The summed E-state index contributed by atoms with van der Waals surface area (Å²) in [5.41, 5.74) is 0.688. The number of halogens is 1. The van der Waals surface area contributed by atoms with Crippen LogP contribution in [0.1, 0.15) is 36.2 Å². The molecular weight excluding hydrogens is 370 g/mol. The van der Waals surface area contributed by atoms with Gasteiger partial charge in [0.15, 0.2) is 23.0 Å². The van der Waals surface area contributed by atoms with E-state index in [0.29, 0.717) is 46.8 Å². The van der Waals surface area contributed by atoms with Gasteiger partial charge >= 0.3 is 0 Å². The van der Waals surface area contributed by atoms with Crippen LogP contribution in [-0.2, 0) is 5.54 Å². The Morgan fingerprint density at radius 3 is 2.63 bits per heavy atom. The maximum atomic E-state index is 12.9. The van der Waals surface area contributed by atoms with E-state index in [4.69, 9.17) is 30.5 Å². The molecule has 2 aromatic carbocycles. The number of carbonyl (C=O) groups is 1. The maximum Gasteiger partial charge on any atom is 0.252 e. The zero-order valence-corrected chi connectivity index (χ0v) is 15.9. The minimum atomic E-state index is -0.630. The molecule has 4 rings (SSSR count). The molecule has 0 aromatic heterocycles. The molecule has 0 fully saturated rings. The molecule has 2 heterocycles. The van der Waals surface area contributed by atoms with E-state index in [1.165, 1.54) is 0 Å². The summed E-state index contributed by atoms with van der Waals surface area (Å²) in [6, 6.07) is 8.89. The van der Waals surface area contributed by atoms with Crippen molar-refractivity contribution < 1.29 is 23.7 Å². The zero-order valence-electron chi connectivity index (χ0n) is 15.1. The van der Waals surface area contributed by atoms with Crippen LogP contribution in [0.15, 0.2) is 30.3 Å². The molecular formula is C20H20ClNO5. The van der Waals surface area contributed by atoms with Gasteiger partial charge in [-0.1, -0.05) is 17.7 Å². The third kappa shape index (κ3) is 3.49. The molecule has 1 amide bonds. The lowest BCUT2D eigenvalue weighted by Crippen LogP contribution is -2.41. The fraction of sp³-hybridized carbons (Fsp3) is 0.350. The van der Waals surface area contributed by atoms with Crippen molar-refractivity contribution in [3.05, 3.63) is 46.5 Å². The molecule has 6 nitrogen and oxygen atoms in total. The Hall–Kier alpha value is -2.60. The second kappa shape index (κ2) is 6.85. The van der Waals surface area contributed by atoms with E-state index in [1.54, 1.807) is 12.1 Å². The smallest absolute Gasteiger partial charge is 0.252 e. The lowest BCUT2D eigenvalue weighted by atomic mass is 9.93. The summed E-state index contributed by atoms with van der Waals surface area (Å²) in [7, 11) is 0. The van der Waals surface area contributed by atoms with Crippen LogP contribution >= 0.6 is 11.6 Å². The third-order valence-corrected chi connectivity index (χ3v) is 4.87. The fourth-order valence-electron chi connectivity index (χ4n) is 3.08. The minimum Gasteiger partial charge on any atom is -0.489 e. The van der Waals surface area contributed by atoms with Gasteiger partial charge in [-0.2, -0.15) is 0 Å². The number of nitrogens with one attached hydrogen (secondary N) is 1. The van der Waals surface area contributed by atoms with Gasteiger partial charge in [-0.05, 0) is 43.7 Å². The summed E-state index contributed by atoms with van der Waals surface area (Å²) >= 11 is 6.30. The Labute approximate surface area is 162 Å². The molecule has 27 heavy (non-hydrogen) atoms. The molecule has 2 aromatic rings. The summed E-state index contributed by atoms with van der Waals surface area (Å²) in [4.78, 5) is 12.9. The molecule has 1 N–H and O–H groups in total. The summed E-state index contributed by atoms with van der Waals surface area (Å²) in [6.45, 7) is 5.12.